The molecule has 1 amide bonds. The van der Waals surface area contributed by atoms with E-state index < -0.39 is 0 Å². The van der Waals surface area contributed by atoms with Gasteiger partial charge in [0.25, 0.3) is 0 Å². The van der Waals surface area contributed by atoms with Gasteiger partial charge in [0.05, 0.1) is 5.41 Å². The lowest BCUT2D eigenvalue weighted by Crippen LogP contribution is -2.51. The summed E-state index contributed by atoms with van der Waals surface area (Å²) in [5.41, 5.74) is 2.21. The molecule has 1 aliphatic rings. The molecule has 3 nitrogen and oxygen atoms in total. The van der Waals surface area contributed by atoms with Gasteiger partial charge in [0, 0.05) is 25.5 Å². The molecule has 2 aromatic rings. The van der Waals surface area contributed by atoms with Gasteiger partial charge in [-0.15, -0.1) is 11.3 Å². The first kappa shape index (κ1) is 16.2. The minimum absolute atomic E-state index is 0.241. The van der Waals surface area contributed by atoms with Crippen LogP contribution in [0.3, 0.4) is 0 Å². The van der Waals surface area contributed by atoms with Crippen molar-refractivity contribution < 1.29 is 4.79 Å². The quantitative estimate of drug-likeness (QED) is 0.933. The summed E-state index contributed by atoms with van der Waals surface area (Å²) in [4.78, 5) is 15.9. The molecule has 1 fully saturated rings. The first-order chi connectivity index (χ1) is 11.1. The highest BCUT2D eigenvalue weighted by atomic mass is 32.1. The third kappa shape index (κ3) is 3.33. The number of thiophene rings is 1. The fraction of sp³-hybridized carbons (Fsp3) is 0.421. The van der Waals surface area contributed by atoms with E-state index in [0.29, 0.717) is 0 Å². The van der Waals surface area contributed by atoms with Gasteiger partial charge in [0.2, 0.25) is 5.91 Å². The first-order valence-electron chi connectivity index (χ1n) is 8.17. The van der Waals surface area contributed by atoms with E-state index >= 15 is 0 Å². The molecule has 1 aromatic heterocycles. The smallest absolute Gasteiger partial charge is 0.229 e. The molecule has 0 spiro atoms. The zero-order valence-corrected chi connectivity index (χ0v) is 14.7. The van der Waals surface area contributed by atoms with Gasteiger partial charge in [0.1, 0.15) is 0 Å². The molecule has 1 N–H and O–H groups in total. The van der Waals surface area contributed by atoms with Gasteiger partial charge in [-0.2, -0.15) is 0 Å². The van der Waals surface area contributed by atoms with Crippen LogP contribution in [0.25, 0.3) is 10.4 Å². The van der Waals surface area contributed by atoms with Crippen molar-refractivity contribution in [2.24, 2.45) is 5.41 Å². The lowest BCUT2D eigenvalue weighted by molar-refractivity contribution is -0.140. The fourth-order valence-electron chi connectivity index (χ4n) is 3.56. The molecule has 0 radical (unpaired) electrons. The largest absolute Gasteiger partial charge is 0.348 e. The van der Waals surface area contributed by atoms with Gasteiger partial charge in [-0.1, -0.05) is 30.3 Å². The summed E-state index contributed by atoms with van der Waals surface area (Å²) in [6.07, 6.45) is 2.81. The minimum atomic E-state index is -0.324. The van der Waals surface area contributed by atoms with Crippen molar-refractivity contribution in [2.45, 2.75) is 19.3 Å². The maximum absolute atomic E-state index is 12.9. The topological polar surface area (TPSA) is 32.3 Å². The molecule has 1 atom stereocenters. The highest BCUT2D eigenvalue weighted by Crippen LogP contribution is 2.36. The number of rotatable bonds is 4. The van der Waals surface area contributed by atoms with Gasteiger partial charge in [0.15, 0.2) is 0 Å². The average Bonchev–Trinajstić information content (AvgIpc) is 3.09. The van der Waals surface area contributed by atoms with E-state index in [4.69, 9.17) is 0 Å². The third-order valence-corrected chi connectivity index (χ3v) is 5.57. The summed E-state index contributed by atoms with van der Waals surface area (Å²) in [6, 6.07) is 12.7. The van der Waals surface area contributed by atoms with Crippen LogP contribution in [0.2, 0.25) is 0 Å². The average molecular weight is 328 g/mol. The van der Waals surface area contributed by atoms with Crippen LogP contribution in [-0.4, -0.2) is 38.0 Å². The Kier molecular flexibility index (Phi) is 4.83. The molecule has 23 heavy (non-hydrogen) atoms. The van der Waals surface area contributed by atoms with Crippen molar-refractivity contribution in [1.82, 2.24) is 10.2 Å². The number of carbonyl (C=O) groups is 1. The summed E-state index contributed by atoms with van der Waals surface area (Å²) in [5, 5.41) is 5.55. The summed E-state index contributed by atoms with van der Waals surface area (Å²) in [5.74, 6) is 0.241. The molecular weight excluding hydrogens is 304 g/mol. The maximum atomic E-state index is 12.9. The number of benzene rings is 1. The summed E-state index contributed by atoms with van der Waals surface area (Å²) in [6.45, 7) is 1.78. The molecular formula is C19H24N2OS. The highest BCUT2D eigenvalue weighted by Gasteiger charge is 2.41. The molecule has 2 heterocycles. The van der Waals surface area contributed by atoms with Crippen LogP contribution in [0.15, 0.2) is 41.8 Å². The summed E-state index contributed by atoms with van der Waals surface area (Å²) >= 11 is 1.75. The number of nitrogens with zero attached hydrogens (tertiary/aromatic N) is 1. The van der Waals surface area contributed by atoms with Crippen molar-refractivity contribution in [3.05, 3.63) is 47.3 Å². The molecule has 122 valence electrons. The van der Waals surface area contributed by atoms with Gasteiger partial charge in [-0.25, -0.2) is 0 Å². The maximum Gasteiger partial charge on any atom is 0.229 e. The van der Waals surface area contributed by atoms with Gasteiger partial charge in [-0.3, -0.25) is 4.79 Å². The van der Waals surface area contributed by atoms with Gasteiger partial charge < -0.3 is 10.2 Å². The van der Waals surface area contributed by atoms with Crippen LogP contribution in [0.1, 0.15) is 18.4 Å². The van der Waals surface area contributed by atoms with E-state index in [1.807, 2.05) is 14.1 Å². The molecule has 0 bridgehead atoms. The van der Waals surface area contributed by atoms with Crippen molar-refractivity contribution in [3.8, 4) is 10.4 Å². The van der Waals surface area contributed by atoms with Gasteiger partial charge >= 0.3 is 0 Å². The highest BCUT2D eigenvalue weighted by molar-refractivity contribution is 7.13. The Balaban J connectivity index is 1.97. The molecule has 0 saturated carbocycles. The van der Waals surface area contributed by atoms with Crippen LogP contribution in [0.5, 0.6) is 0 Å². The fourth-order valence-corrected chi connectivity index (χ4v) is 4.35. The van der Waals surface area contributed by atoms with Gasteiger partial charge in [-0.05, 0) is 48.4 Å². The predicted molar refractivity (Wildman–Crippen MR) is 96.7 cm³/mol. The van der Waals surface area contributed by atoms with E-state index in [-0.39, 0.29) is 11.3 Å². The molecule has 3 rings (SSSR count). The number of carbonyl (C=O) groups excluding carboxylic acids is 1. The lowest BCUT2D eigenvalue weighted by atomic mass is 9.74. The number of nitrogens with one attached hydrogen (secondary N) is 1. The molecule has 0 unspecified atom stereocenters. The third-order valence-electron chi connectivity index (χ3n) is 4.66. The number of amides is 1. The Morgan fingerprint density at radius 1 is 1.26 bits per heavy atom. The monoisotopic (exact) mass is 328 g/mol. The second-order valence-electron chi connectivity index (χ2n) is 6.57. The zero-order chi connectivity index (χ0) is 16.3. The molecule has 1 saturated heterocycles. The number of hydrogen-bond acceptors (Lipinski definition) is 3. The summed E-state index contributed by atoms with van der Waals surface area (Å²) in [7, 11) is 3.73. The van der Waals surface area contributed by atoms with Crippen molar-refractivity contribution in [1.29, 1.82) is 0 Å². The van der Waals surface area contributed by atoms with Crippen LogP contribution in [0.4, 0.5) is 0 Å². The van der Waals surface area contributed by atoms with E-state index in [1.54, 1.807) is 16.2 Å². The molecule has 1 aliphatic heterocycles. The van der Waals surface area contributed by atoms with Crippen molar-refractivity contribution in [2.75, 3.05) is 27.2 Å². The van der Waals surface area contributed by atoms with E-state index in [1.165, 1.54) is 16.0 Å². The summed E-state index contributed by atoms with van der Waals surface area (Å²) < 4.78 is 0. The lowest BCUT2D eigenvalue weighted by Gasteiger charge is -2.38. The zero-order valence-electron chi connectivity index (χ0n) is 13.8. The van der Waals surface area contributed by atoms with Crippen LogP contribution < -0.4 is 5.32 Å². The van der Waals surface area contributed by atoms with E-state index in [9.17, 15) is 4.79 Å². The molecule has 0 aliphatic carbocycles. The molecule has 4 heteroatoms. The Morgan fingerprint density at radius 2 is 2.09 bits per heavy atom. The second-order valence-corrected chi connectivity index (χ2v) is 7.52. The van der Waals surface area contributed by atoms with Crippen LogP contribution in [-0.2, 0) is 11.2 Å². The van der Waals surface area contributed by atoms with E-state index in [2.05, 4.69) is 47.1 Å². The van der Waals surface area contributed by atoms with E-state index in [0.717, 1.165) is 32.4 Å². The van der Waals surface area contributed by atoms with Crippen LogP contribution in [0, 0.1) is 5.41 Å². The Morgan fingerprint density at radius 3 is 2.74 bits per heavy atom. The Bertz CT molecular complexity index is 658. The second kappa shape index (κ2) is 6.85. The minimum Gasteiger partial charge on any atom is -0.348 e. The Labute approximate surface area is 142 Å². The normalized spacial score (nSPS) is 21.1. The Hall–Kier alpha value is -1.65. The number of hydrogen-bond donors (Lipinski definition) is 1. The first-order valence-corrected chi connectivity index (χ1v) is 9.05. The standard InChI is InChI=1S/C19H24N2OS/c1-21(2)18(22)19(10-6-11-20-14-19)13-15-7-3-4-8-16(15)17-9-5-12-23-17/h3-5,7-9,12,20H,6,10-11,13-14H2,1-2H3/t19-/m1/s1. The SMILES string of the molecule is CN(C)C(=O)[C@@]1(Cc2ccccc2-c2cccs2)CCCNC1. The van der Waals surface area contributed by atoms with Crippen molar-refractivity contribution >= 4 is 17.2 Å². The predicted octanol–water partition coefficient (Wildman–Crippen LogP) is 3.42. The number of piperidine rings is 1. The van der Waals surface area contributed by atoms with Crippen molar-refractivity contribution in [3.63, 3.8) is 0 Å². The van der Waals surface area contributed by atoms with Crippen LogP contribution >= 0.6 is 11.3 Å². The molecule has 1 aromatic carbocycles.